The maximum atomic E-state index is 11.5. The molecular weight excluding hydrogens is 1260 g/mol. The molecule has 0 bridgehead atoms. The Bertz CT molecular complexity index is 2110. The number of Topliss-reactive ketones (excluding diaryl/α,β-unsaturated/α-hetero) is 1. The molecule has 0 aromatic rings. The van der Waals surface area contributed by atoms with Crippen molar-refractivity contribution in [2.75, 3.05) is 176 Å². The van der Waals surface area contributed by atoms with Crippen LogP contribution in [-0.2, 0) is 52.7 Å². The SMILES string of the molecule is C.C1COCCN1.C=S1(=O)CCNCC1.CC(=O)CC(C)(C)CN.CC1(C)CCNCC1.CCC1CN1.CCCCCNC(=O)C(C)(C)CN.CCCCNC(=O)C(C)(C)CN.CCCNC(=O)C(C)(C)CN.COC1CNC1.CS(=O)(=O)C1(CN)CCOCC1.OC1CNC1. The summed E-state index contributed by atoms with van der Waals surface area (Å²) in [5.41, 5.74) is 26.6. The summed E-state index contributed by atoms with van der Waals surface area (Å²) in [7, 11) is -2.95. The van der Waals surface area contributed by atoms with Gasteiger partial charge in [0.25, 0.3) is 0 Å². The number of amides is 3. The van der Waals surface area contributed by atoms with Crippen LogP contribution in [-0.4, -0.2) is 246 Å². The second-order valence-electron chi connectivity index (χ2n) is 28.9. The van der Waals surface area contributed by atoms with Crippen molar-refractivity contribution >= 4 is 48.7 Å². The summed E-state index contributed by atoms with van der Waals surface area (Å²) >= 11 is 0. The molecule has 20 N–H and O–H groups in total. The van der Waals surface area contributed by atoms with Crippen LogP contribution < -0.4 is 76.5 Å². The Morgan fingerprint density at radius 2 is 1.00 bits per heavy atom. The lowest BCUT2D eigenvalue weighted by Gasteiger charge is -2.33. The Kier molecular flexibility index (Phi) is 61.7. The van der Waals surface area contributed by atoms with Crippen LogP contribution in [0.4, 0.5) is 0 Å². The average Bonchev–Trinajstić information content (AvgIpc) is 1.16. The molecule has 7 rings (SSSR count). The minimum atomic E-state index is -3.04. The van der Waals surface area contributed by atoms with Crippen LogP contribution in [0.1, 0.15) is 188 Å². The number of aliphatic hydroxyl groups is 1. The lowest BCUT2D eigenvalue weighted by molar-refractivity contribution is -0.129. The first-order valence-corrected chi connectivity index (χ1v) is 39.3. The van der Waals surface area contributed by atoms with E-state index in [1.165, 1.54) is 58.0 Å². The molecule has 27 heteroatoms. The smallest absolute Gasteiger partial charge is 0.226 e. The molecule has 96 heavy (non-hydrogen) atoms. The summed E-state index contributed by atoms with van der Waals surface area (Å²) in [4.78, 5) is 44.7. The number of piperidine rings is 1. The zero-order chi connectivity index (χ0) is 73.7. The van der Waals surface area contributed by atoms with Crippen molar-refractivity contribution in [1.82, 2.24) is 47.9 Å². The molecule has 578 valence electrons. The second-order valence-corrected chi connectivity index (χ2v) is 34.0. The number of rotatable bonds is 22. The van der Waals surface area contributed by atoms with Crippen molar-refractivity contribution in [3.8, 4) is 0 Å². The number of hydrogen-bond donors (Lipinski definition) is 15. The van der Waals surface area contributed by atoms with Crippen molar-refractivity contribution < 1.29 is 51.1 Å². The third-order valence-corrected chi connectivity index (χ3v) is 20.6. The van der Waals surface area contributed by atoms with Gasteiger partial charge >= 0.3 is 0 Å². The Labute approximate surface area is 587 Å². The number of nitrogens with two attached hydrogens (primary N) is 5. The fourth-order valence-electron chi connectivity index (χ4n) is 7.84. The molecule has 0 saturated carbocycles. The minimum Gasteiger partial charge on any atom is -0.390 e. The van der Waals surface area contributed by atoms with Gasteiger partial charge in [0.15, 0.2) is 9.84 Å². The van der Waals surface area contributed by atoms with Gasteiger partial charge in [-0.2, -0.15) is 0 Å². The summed E-state index contributed by atoms with van der Waals surface area (Å²) in [6.45, 7) is 48.0. The van der Waals surface area contributed by atoms with Crippen LogP contribution in [0, 0.1) is 27.1 Å². The predicted octanol–water partition coefficient (Wildman–Crippen LogP) is 3.02. The van der Waals surface area contributed by atoms with Crippen molar-refractivity contribution in [2.24, 2.45) is 55.7 Å². The van der Waals surface area contributed by atoms with Crippen LogP contribution in [0.3, 0.4) is 0 Å². The molecule has 0 aliphatic carbocycles. The molecule has 0 radical (unpaired) electrons. The van der Waals surface area contributed by atoms with E-state index in [-0.39, 0.29) is 49.0 Å². The summed E-state index contributed by atoms with van der Waals surface area (Å²) in [5.74, 6) is 5.50. The zero-order valence-corrected chi connectivity index (χ0v) is 65.0. The summed E-state index contributed by atoms with van der Waals surface area (Å²) < 4.78 is 48.2. The van der Waals surface area contributed by atoms with Gasteiger partial charge in [0.1, 0.15) is 5.78 Å². The van der Waals surface area contributed by atoms with Crippen molar-refractivity contribution in [1.29, 1.82) is 0 Å². The van der Waals surface area contributed by atoms with Crippen molar-refractivity contribution in [2.45, 2.75) is 211 Å². The van der Waals surface area contributed by atoms with Gasteiger partial charge in [0.2, 0.25) is 17.7 Å². The van der Waals surface area contributed by atoms with E-state index in [1.54, 1.807) is 14.0 Å². The van der Waals surface area contributed by atoms with E-state index in [4.69, 9.17) is 48.0 Å². The van der Waals surface area contributed by atoms with Gasteiger partial charge in [-0.15, -0.1) is 0 Å². The molecule has 1 unspecified atom stereocenters. The number of ketones is 1. The molecule has 7 saturated heterocycles. The highest BCUT2D eigenvalue weighted by molar-refractivity contribution is 8.00. The van der Waals surface area contributed by atoms with E-state index >= 15 is 0 Å². The lowest BCUT2D eigenvalue weighted by Crippen LogP contribution is -2.49. The van der Waals surface area contributed by atoms with E-state index < -0.39 is 40.4 Å². The molecule has 7 aliphatic rings. The normalized spacial score (nSPS) is 19.0. The highest BCUT2D eigenvalue weighted by Gasteiger charge is 2.41. The summed E-state index contributed by atoms with van der Waals surface area (Å²) in [6, 6.07) is 0.884. The minimum absolute atomic E-state index is 0. The highest BCUT2D eigenvalue weighted by atomic mass is 32.2. The topological polar surface area (TPSA) is 416 Å². The number of aliphatic hydroxyl groups excluding tert-OH is 1. The first kappa shape index (κ1) is 102. The second kappa shape index (κ2) is 58.0. The Hall–Kier alpha value is -2.55. The number of unbranched alkanes of at least 4 members (excludes halogenated alkanes) is 3. The van der Waals surface area contributed by atoms with Gasteiger partial charge in [-0.1, -0.05) is 82.1 Å². The number of carbonyl (C=O) groups is 4. The van der Waals surface area contributed by atoms with Crippen LogP contribution in [0.2, 0.25) is 0 Å². The summed E-state index contributed by atoms with van der Waals surface area (Å²) in [6.07, 6.45) is 13.9. The number of morpholine rings is 1. The van der Waals surface area contributed by atoms with E-state index in [9.17, 15) is 31.8 Å². The first-order valence-electron chi connectivity index (χ1n) is 35.3. The quantitative estimate of drug-likeness (QED) is 0.0421. The van der Waals surface area contributed by atoms with Crippen LogP contribution in [0.25, 0.3) is 0 Å². The molecule has 7 heterocycles. The third-order valence-electron chi connectivity index (χ3n) is 16.6. The first-order chi connectivity index (χ1) is 44.3. The number of methoxy groups -OCH3 is 1. The molecular formula is C69H154N14O11S2. The predicted molar refractivity (Wildman–Crippen MR) is 406 cm³/mol. The molecule has 0 aromatic heterocycles. The number of carbonyl (C=O) groups excluding carboxylic acids is 4. The lowest BCUT2D eigenvalue weighted by atomic mass is 9.83. The van der Waals surface area contributed by atoms with Crippen molar-refractivity contribution in [3.05, 3.63) is 0 Å². The van der Waals surface area contributed by atoms with E-state index in [0.29, 0.717) is 70.2 Å². The van der Waals surface area contributed by atoms with Gasteiger partial charge < -0.3 is 101 Å². The molecule has 7 aliphatic heterocycles. The zero-order valence-electron chi connectivity index (χ0n) is 63.3. The summed E-state index contributed by atoms with van der Waals surface area (Å²) in [5, 5.41) is 35.7. The Balaban J connectivity index is -0.000000319. The van der Waals surface area contributed by atoms with Crippen LogP contribution >= 0.6 is 0 Å². The van der Waals surface area contributed by atoms with Crippen molar-refractivity contribution in [3.63, 3.8) is 0 Å². The average molecular weight is 1420 g/mol. The molecule has 1 atom stereocenters. The van der Waals surface area contributed by atoms with Gasteiger partial charge in [0.05, 0.1) is 46.4 Å². The fraction of sp³-hybridized carbons (Fsp3) is 0.928. The fourth-order valence-corrected chi connectivity index (χ4v) is 10.3. The third kappa shape index (κ3) is 57.1. The maximum absolute atomic E-state index is 11.5. The molecule has 0 aromatic carbocycles. The van der Waals surface area contributed by atoms with E-state index in [2.05, 4.69) is 88.3 Å². The Morgan fingerprint density at radius 3 is 1.20 bits per heavy atom. The number of nitrogens with one attached hydrogen (secondary N) is 9. The van der Waals surface area contributed by atoms with E-state index in [0.717, 1.165) is 128 Å². The molecule has 3 amide bonds. The van der Waals surface area contributed by atoms with Crippen LogP contribution in [0.5, 0.6) is 0 Å². The Morgan fingerprint density at radius 1 is 0.604 bits per heavy atom. The monoisotopic (exact) mass is 1420 g/mol. The maximum Gasteiger partial charge on any atom is 0.226 e. The van der Waals surface area contributed by atoms with Gasteiger partial charge in [-0.3, -0.25) is 18.6 Å². The number of β-amino-alcohol motifs (C(OH)–C–C–N with tert-alkyl or cyclic N) is 1. The van der Waals surface area contributed by atoms with E-state index in [1.807, 2.05) is 62.3 Å². The van der Waals surface area contributed by atoms with Gasteiger partial charge in [-0.25, -0.2) is 8.42 Å². The number of sulfone groups is 1. The molecule has 0 spiro atoms. The largest absolute Gasteiger partial charge is 0.390 e. The molecule has 25 nitrogen and oxygen atoms in total. The number of hydrogen-bond acceptors (Lipinski definition) is 22. The molecule has 7 fully saturated rings. The van der Waals surface area contributed by atoms with Gasteiger partial charge in [0, 0.05) is 155 Å². The van der Waals surface area contributed by atoms with Crippen LogP contribution in [0.15, 0.2) is 0 Å². The highest BCUT2D eigenvalue weighted by Crippen LogP contribution is 2.28. The number of ether oxygens (including phenoxy) is 3. The standard InChI is InChI=1S/C10H22N2O.C9H20N2O.C8H18N2O.C7H15NO3S.C7H15NO.C7H15N.C5H11NOS.2C4H9NO.C4H9N.C3H7NO.CH4/c1-4-5-6-7-12-9(13)10(2,3)8-11;1-4-5-6-11-8(12)9(2,3)7-10;1-4-5-10-7(11)8(2,3)6-9;1-12(9,10)7(6-8)2-4-11-5-3-7;1-6(9)4-7(2,3)5-8;1-7(2)3-5-8-6-4-7;1-8(7)4-2-6-3-5-8;1-6-4-2-5-3-4;1-3-6-4-2-5-1;1-2-4-3-5-4;5-3-1-4-2-3;/h4-8,11H2,1-3H3,(H,12,13);4-7,10H2,1-3H3,(H,11,12);4-6,9H2,1-3H3,(H,10,11);2-6,8H2,1H3;4-5,8H2,1-3H3;8H,3-6H2,1-2H3;6H,1-5H2;4-5H,2-3H2,1H3;5H,1-4H2;4-5H,2-3H2,1H3;3-5H,1-2H2;1H4. The van der Waals surface area contributed by atoms with Gasteiger partial charge in [-0.05, 0) is 146 Å².